The molecule has 1 aliphatic carbocycles. The first-order chi connectivity index (χ1) is 9.42. The van der Waals surface area contributed by atoms with Crippen LogP contribution in [0.25, 0.3) is 10.2 Å². The minimum atomic E-state index is 0.831. The zero-order valence-corrected chi connectivity index (χ0v) is 13.5. The van der Waals surface area contributed by atoms with Gasteiger partial charge in [0, 0.05) is 5.25 Å². The van der Waals surface area contributed by atoms with Crippen LogP contribution in [-0.4, -0.2) is 10.2 Å². The summed E-state index contributed by atoms with van der Waals surface area (Å²) in [7, 11) is 3.95. The molecule has 1 aliphatic rings. The number of para-hydroxylation sites is 1. The van der Waals surface area contributed by atoms with Crippen LogP contribution in [0.4, 0.5) is 0 Å². The molecule has 0 radical (unpaired) electrons. The van der Waals surface area contributed by atoms with Crippen molar-refractivity contribution in [1.82, 2.24) is 4.98 Å². The standard InChI is InChI=1S/C15H19NS3/c1-2-4-8-12(9-5-3-1)18-19-15-16-13-10-6-7-11-14(13)17-15/h6-7,10-12H,1-5,8-9H2. The Bertz CT molecular complexity index is 482. The molecule has 0 N–H and O–H groups in total. The number of hydrogen-bond acceptors (Lipinski definition) is 4. The lowest BCUT2D eigenvalue weighted by atomic mass is 10.0. The zero-order chi connectivity index (χ0) is 12.9. The third-order valence-corrected chi connectivity index (χ3v) is 7.88. The van der Waals surface area contributed by atoms with E-state index < -0.39 is 0 Å². The molecule has 3 rings (SSSR count). The van der Waals surface area contributed by atoms with Crippen LogP contribution >= 0.6 is 32.9 Å². The van der Waals surface area contributed by atoms with Crippen molar-refractivity contribution in [2.75, 3.05) is 0 Å². The molecular formula is C15H19NS3. The maximum atomic E-state index is 4.70. The van der Waals surface area contributed by atoms with E-state index in [1.165, 1.54) is 54.0 Å². The van der Waals surface area contributed by atoms with Crippen molar-refractivity contribution in [1.29, 1.82) is 0 Å². The molecule has 0 aliphatic heterocycles. The number of fused-ring (bicyclic) bond motifs is 1. The predicted molar refractivity (Wildman–Crippen MR) is 89.2 cm³/mol. The molecule has 1 heterocycles. The Kier molecular flexibility index (Phi) is 5.08. The molecule has 102 valence electrons. The van der Waals surface area contributed by atoms with Crippen LogP contribution in [0.3, 0.4) is 0 Å². The van der Waals surface area contributed by atoms with E-state index in [0.717, 1.165) is 10.8 Å². The molecule has 1 fully saturated rings. The molecule has 1 aromatic heterocycles. The van der Waals surface area contributed by atoms with Gasteiger partial charge in [0.1, 0.15) is 0 Å². The third kappa shape index (κ3) is 3.89. The van der Waals surface area contributed by atoms with Crippen LogP contribution in [0.1, 0.15) is 44.9 Å². The van der Waals surface area contributed by atoms with Crippen LogP contribution in [0, 0.1) is 0 Å². The maximum absolute atomic E-state index is 4.70. The van der Waals surface area contributed by atoms with Gasteiger partial charge in [0.15, 0.2) is 4.34 Å². The summed E-state index contributed by atoms with van der Waals surface area (Å²) in [6.07, 6.45) is 9.93. The molecular weight excluding hydrogens is 290 g/mol. The van der Waals surface area contributed by atoms with Gasteiger partial charge in [0.2, 0.25) is 0 Å². The molecule has 1 aromatic carbocycles. The first-order valence-electron chi connectivity index (χ1n) is 7.11. The number of hydrogen-bond donors (Lipinski definition) is 0. The minimum absolute atomic E-state index is 0.831. The van der Waals surface area contributed by atoms with Gasteiger partial charge in [-0.3, -0.25) is 0 Å². The van der Waals surface area contributed by atoms with E-state index in [0.29, 0.717) is 0 Å². The van der Waals surface area contributed by atoms with E-state index in [4.69, 9.17) is 4.98 Å². The van der Waals surface area contributed by atoms with Gasteiger partial charge < -0.3 is 0 Å². The van der Waals surface area contributed by atoms with Crippen molar-refractivity contribution in [3.05, 3.63) is 24.3 Å². The fourth-order valence-corrected chi connectivity index (χ4v) is 6.50. The molecule has 0 saturated heterocycles. The summed E-state index contributed by atoms with van der Waals surface area (Å²) in [6.45, 7) is 0. The molecule has 0 atom stereocenters. The Hall–Kier alpha value is -0.190. The fourth-order valence-electron chi connectivity index (χ4n) is 2.51. The lowest BCUT2D eigenvalue weighted by Crippen LogP contribution is -2.03. The van der Waals surface area contributed by atoms with Crippen LogP contribution in [0.5, 0.6) is 0 Å². The molecule has 1 saturated carbocycles. The summed E-state index contributed by atoms with van der Waals surface area (Å²) in [5.41, 5.74) is 1.15. The van der Waals surface area contributed by atoms with Gasteiger partial charge in [-0.25, -0.2) is 4.98 Å². The van der Waals surface area contributed by atoms with Gasteiger partial charge in [-0.2, -0.15) is 0 Å². The van der Waals surface area contributed by atoms with Crippen molar-refractivity contribution in [3.63, 3.8) is 0 Å². The van der Waals surface area contributed by atoms with E-state index in [9.17, 15) is 0 Å². The van der Waals surface area contributed by atoms with Gasteiger partial charge in [0.05, 0.1) is 10.2 Å². The monoisotopic (exact) mass is 309 g/mol. The molecule has 0 bridgehead atoms. The lowest BCUT2D eigenvalue weighted by Gasteiger charge is -2.17. The summed E-state index contributed by atoms with van der Waals surface area (Å²) >= 11 is 1.83. The molecule has 0 spiro atoms. The maximum Gasteiger partial charge on any atom is 0.161 e. The Morgan fingerprint density at radius 2 is 1.74 bits per heavy atom. The average molecular weight is 310 g/mol. The number of aromatic nitrogens is 1. The minimum Gasteiger partial charge on any atom is -0.229 e. The van der Waals surface area contributed by atoms with Gasteiger partial charge in [-0.05, 0) is 35.8 Å². The first kappa shape index (κ1) is 13.8. The highest BCUT2D eigenvalue weighted by atomic mass is 33.1. The van der Waals surface area contributed by atoms with Gasteiger partial charge in [-0.15, -0.1) is 11.3 Å². The Labute approximate surface area is 127 Å². The van der Waals surface area contributed by atoms with E-state index in [2.05, 4.69) is 35.1 Å². The molecule has 2 aromatic rings. The SMILES string of the molecule is c1ccc2sc(SSC3CCCCCCC3)nc2c1. The summed E-state index contributed by atoms with van der Waals surface area (Å²) in [5.74, 6) is 0. The fraction of sp³-hybridized carbons (Fsp3) is 0.533. The molecule has 1 nitrogen and oxygen atoms in total. The Morgan fingerprint density at radius 1 is 1.00 bits per heavy atom. The van der Waals surface area contributed by atoms with Gasteiger partial charge in [0.25, 0.3) is 0 Å². The highest BCUT2D eigenvalue weighted by Crippen LogP contribution is 2.42. The highest BCUT2D eigenvalue weighted by Gasteiger charge is 2.14. The van der Waals surface area contributed by atoms with Crippen molar-refractivity contribution >= 4 is 43.1 Å². The van der Waals surface area contributed by atoms with Gasteiger partial charge >= 0.3 is 0 Å². The summed E-state index contributed by atoms with van der Waals surface area (Å²) in [5, 5.41) is 0.831. The number of rotatable bonds is 3. The van der Waals surface area contributed by atoms with Crippen LogP contribution in [0.2, 0.25) is 0 Å². The Balaban J connectivity index is 1.58. The van der Waals surface area contributed by atoms with E-state index >= 15 is 0 Å². The second-order valence-electron chi connectivity index (χ2n) is 5.09. The van der Waals surface area contributed by atoms with E-state index in [1.807, 2.05) is 22.1 Å². The zero-order valence-electron chi connectivity index (χ0n) is 11.0. The van der Waals surface area contributed by atoms with Crippen LogP contribution < -0.4 is 0 Å². The summed E-state index contributed by atoms with van der Waals surface area (Å²) in [6, 6.07) is 8.43. The van der Waals surface area contributed by atoms with Crippen LogP contribution in [0.15, 0.2) is 28.6 Å². The van der Waals surface area contributed by atoms with E-state index in [-0.39, 0.29) is 0 Å². The second-order valence-corrected chi connectivity index (χ2v) is 8.87. The van der Waals surface area contributed by atoms with Crippen LogP contribution in [-0.2, 0) is 0 Å². The topological polar surface area (TPSA) is 12.9 Å². The quantitative estimate of drug-likeness (QED) is 0.631. The summed E-state index contributed by atoms with van der Waals surface area (Å²) < 4.78 is 2.52. The number of nitrogens with zero attached hydrogens (tertiary/aromatic N) is 1. The smallest absolute Gasteiger partial charge is 0.161 e. The molecule has 4 heteroatoms. The molecule has 0 unspecified atom stereocenters. The Morgan fingerprint density at radius 3 is 2.53 bits per heavy atom. The number of benzene rings is 1. The van der Waals surface area contributed by atoms with Crippen molar-refractivity contribution < 1.29 is 0 Å². The van der Waals surface area contributed by atoms with Crippen molar-refractivity contribution in [2.24, 2.45) is 0 Å². The average Bonchev–Trinajstić information content (AvgIpc) is 2.80. The predicted octanol–water partition coefficient (Wildman–Crippen LogP) is 6.15. The second kappa shape index (κ2) is 7.00. The van der Waals surface area contributed by atoms with E-state index in [1.54, 1.807) is 0 Å². The highest BCUT2D eigenvalue weighted by molar-refractivity contribution is 8.77. The van der Waals surface area contributed by atoms with Crippen molar-refractivity contribution in [3.8, 4) is 0 Å². The first-order valence-corrected chi connectivity index (χ1v) is 10.1. The summed E-state index contributed by atoms with van der Waals surface area (Å²) in [4.78, 5) is 4.70. The lowest BCUT2D eigenvalue weighted by molar-refractivity contribution is 0.514. The van der Waals surface area contributed by atoms with Gasteiger partial charge in [-0.1, -0.05) is 55.0 Å². The number of thiazole rings is 1. The molecule has 19 heavy (non-hydrogen) atoms. The molecule has 0 amide bonds. The van der Waals surface area contributed by atoms with Crippen molar-refractivity contribution in [2.45, 2.75) is 54.5 Å². The normalized spacial score (nSPS) is 18.3. The largest absolute Gasteiger partial charge is 0.229 e. The third-order valence-electron chi connectivity index (χ3n) is 3.58.